The molecule has 8 heteroatoms. The summed E-state index contributed by atoms with van der Waals surface area (Å²) in [5.74, 6) is 0. The van der Waals surface area contributed by atoms with Gasteiger partial charge in [0.25, 0.3) is 0 Å². The van der Waals surface area contributed by atoms with E-state index in [4.69, 9.17) is 0 Å². The fraction of sp³-hybridized carbons (Fsp3) is 0.462. The molecule has 3 N–H and O–H groups in total. The molecular formula is C13H20N4O2S2. The van der Waals surface area contributed by atoms with Gasteiger partial charge in [0.2, 0.25) is 10.0 Å². The van der Waals surface area contributed by atoms with Crippen molar-refractivity contribution in [3.63, 3.8) is 0 Å². The summed E-state index contributed by atoms with van der Waals surface area (Å²) in [5, 5.41) is 6.05. The van der Waals surface area contributed by atoms with E-state index in [0.717, 1.165) is 22.9 Å². The SMILES string of the molecule is CCNCc1cc(S(=O)(=O)NCCc2nc(C)cs2)c[nH]1. The number of aromatic amines is 1. The Bertz CT molecular complexity index is 676. The summed E-state index contributed by atoms with van der Waals surface area (Å²) < 4.78 is 26.9. The highest BCUT2D eigenvalue weighted by Crippen LogP contribution is 2.12. The van der Waals surface area contributed by atoms with E-state index in [1.807, 2.05) is 19.2 Å². The highest BCUT2D eigenvalue weighted by molar-refractivity contribution is 7.89. The summed E-state index contributed by atoms with van der Waals surface area (Å²) in [4.78, 5) is 7.55. The molecule has 0 radical (unpaired) electrons. The monoisotopic (exact) mass is 328 g/mol. The summed E-state index contributed by atoms with van der Waals surface area (Å²) in [7, 11) is -3.46. The van der Waals surface area contributed by atoms with Crippen LogP contribution < -0.4 is 10.0 Å². The smallest absolute Gasteiger partial charge is 0.242 e. The molecule has 0 aromatic carbocycles. The molecule has 6 nitrogen and oxygen atoms in total. The van der Waals surface area contributed by atoms with Gasteiger partial charge in [0.15, 0.2) is 0 Å². The lowest BCUT2D eigenvalue weighted by Gasteiger charge is -2.03. The molecule has 0 unspecified atom stereocenters. The second-order valence-corrected chi connectivity index (χ2v) is 7.38. The lowest BCUT2D eigenvalue weighted by Crippen LogP contribution is -2.25. The van der Waals surface area contributed by atoms with Crippen molar-refractivity contribution < 1.29 is 8.42 Å². The van der Waals surface area contributed by atoms with Crippen molar-refractivity contribution in [2.45, 2.75) is 31.7 Å². The maximum Gasteiger partial charge on any atom is 0.242 e. The summed E-state index contributed by atoms with van der Waals surface area (Å²) >= 11 is 1.55. The molecule has 2 rings (SSSR count). The lowest BCUT2D eigenvalue weighted by molar-refractivity contribution is 0.581. The molecule has 0 atom stereocenters. The van der Waals surface area contributed by atoms with Gasteiger partial charge in [0.05, 0.1) is 9.90 Å². The van der Waals surface area contributed by atoms with Gasteiger partial charge in [-0.05, 0) is 19.5 Å². The fourth-order valence-electron chi connectivity index (χ4n) is 1.83. The van der Waals surface area contributed by atoms with Crippen LogP contribution >= 0.6 is 11.3 Å². The van der Waals surface area contributed by atoms with E-state index < -0.39 is 10.0 Å². The Balaban J connectivity index is 1.90. The fourth-order valence-corrected chi connectivity index (χ4v) is 3.65. The number of rotatable bonds is 8. The number of nitrogens with one attached hydrogen (secondary N) is 3. The molecule has 0 saturated heterocycles. The van der Waals surface area contributed by atoms with Crippen LogP contribution in [0.2, 0.25) is 0 Å². The third kappa shape index (κ3) is 4.63. The van der Waals surface area contributed by atoms with Gasteiger partial charge >= 0.3 is 0 Å². The largest absolute Gasteiger partial charge is 0.363 e. The summed E-state index contributed by atoms with van der Waals surface area (Å²) in [5.41, 5.74) is 1.82. The molecule has 2 aromatic heterocycles. The highest BCUT2D eigenvalue weighted by atomic mass is 32.2. The molecule has 0 spiro atoms. The molecule has 0 amide bonds. The first-order valence-corrected chi connectivity index (χ1v) is 9.16. The van der Waals surface area contributed by atoms with Crippen LogP contribution in [0.25, 0.3) is 0 Å². The number of H-pyrrole nitrogens is 1. The van der Waals surface area contributed by atoms with E-state index in [2.05, 4.69) is 20.0 Å². The molecule has 0 aliphatic carbocycles. The van der Waals surface area contributed by atoms with Crippen LogP contribution in [-0.4, -0.2) is 31.5 Å². The van der Waals surface area contributed by atoms with Gasteiger partial charge in [0, 0.05) is 42.5 Å². The molecule has 21 heavy (non-hydrogen) atoms. The van der Waals surface area contributed by atoms with Gasteiger partial charge in [-0.3, -0.25) is 0 Å². The number of hydrogen-bond donors (Lipinski definition) is 3. The number of sulfonamides is 1. The second kappa shape index (κ2) is 7.17. The molecule has 0 aliphatic rings. The molecule has 0 fully saturated rings. The van der Waals surface area contributed by atoms with Crippen molar-refractivity contribution in [2.75, 3.05) is 13.1 Å². The predicted molar refractivity (Wildman–Crippen MR) is 83.9 cm³/mol. The normalized spacial score (nSPS) is 11.9. The van der Waals surface area contributed by atoms with E-state index in [1.54, 1.807) is 17.4 Å². The van der Waals surface area contributed by atoms with E-state index in [0.29, 0.717) is 19.5 Å². The molecule has 2 aromatic rings. The van der Waals surface area contributed by atoms with E-state index in [-0.39, 0.29) is 4.90 Å². The first-order chi connectivity index (χ1) is 10.0. The van der Waals surface area contributed by atoms with E-state index >= 15 is 0 Å². The van der Waals surface area contributed by atoms with Gasteiger partial charge in [-0.2, -0.15) is 0 Å². The van der Waals surface area contributed by atoms with Crippen molar-refractivity contribution in [1.29, 1.82) is 0 Å². The van der Waals surface area contributed by atoms with Crippen molar-refractivity contribution >= 4 is 21.4 Å². The van der Waals surface area contributed by atoms with Crippen molar-refractivity contribution in [2.24, 2.45) is 0 Å². The average Bonchev–Trinajstić information content (AvgIpc) is 3.06. The first kappa shape index (κ1) is 16.2. The molecule has 0 aliphatic heterocycles. The van der Waals surface area contributed by atoms with Crippen LogP contribution in [0, 0.1) is 6.92 Å². The van der Waals surface area contributed by atoms with Crippen LogP contribution in [-0.2, 0) is 23.0 Å². The standard InChI is InChI=1S/C13H20N4O2S2/c1-3-14-7-11-6-12(8-15-11)21(18,19)16-5-4-13-17-10(2)9-20-13/h6,8-9,14-16H,3-5,7H2,1-2H3. The molecule has 0 bridgehead atoms. The van der Waals surface area contributed by atoms with Crippen LogP contribution in [0.3, 0.4) is 0 Å². The Morgan fingerprint density at radius 3 is 2.90 bits per heavy atom. The second-order valence-electron chi connectivity index (χ2n) is 4.67. The summed E-state index contributed by atoms with van der Waals surface area (Å²) in [6.45, 7) is 5.75. The maximum absolute atomic E-state index is 12.1. The minimum absolute atomic E-state index is 0.269. The van der Waals surface area contributed by atoms with Gasteiger partial charge in [0.1, 0.15) is 0 Å². The minimum Gasteiger partial charge on any atom is -0.363 e. The van der Waals surface area contributed by atoms with Crippen LogP contribution in [0.15, 0.2) is 22.5 Å². The Labute approximate surface area is 129 Å². The number of thiazole rings is 1. The molecule has 0 saturated carbocycles. The predicted octanol–water partition coefficient (Wildman–Crippen LogP) is 1.41. The van der Waals surface area contributed by atoms with Crippen molar-refractivity contribution in [1.82, 2.24) is 20.0 Å². The minimum atomic E-state index is -3.46. The summed E-state index contributed by atoms with van der Waals surface area (Å²) in [6, 6.07) is 1.65. The Morgan fingerprint density at radius 1 is 1.43 bits per heavy atom. The zero-order valence-corrected chi connectivity index (χ0v) is 13.8. The third-order valence-corrected chi connectivity index (χ3v) is 5.36. The third-order valence-electron chi connectivity index (χ3n) is 2.89. The van der Waals surface area contributed by atoms with Gasteiger partial charge in [-0.1, -0.05) is 6.92 Å². The van der Waals surface area contributed by atoms with Crippen LogP contribution in [0.1, 0.15) is 23.3 Å². The Kier molecular flexibility index (Phi) is 5.51. The molecule has 116 valence electrons. The maximum atomic E-state index is 12.1. The zero-order chi connectivity index (χ0) is 15.3. The first-order valence-electron chi connectivity index (χ1n) is 6.80. The van der Waals surface area contributed by atoms with Gasteiger partial charge in [-0.15, -0.1) is 11.3 Å². The number of nitrogens with zero attached hydrogens (tertiary/aromatic N) is 1. The average molecular weight is 328 g/mol. The number of aryl methyl sites for hydroxylation is 1. The van der Waals surface area contributed by atoms with Crippen LogP contribution in [0.4, 0.5) is 0 Å². The number of aromatic nitrogens is 2. The highest BCUT2D eigenvalue weighted by Gasteiger charge is 2.15. The van der Waals surface area contributed by atoms with Crippen molar-refractivity contribution in [3.05, 3.63) is 34.0 Å². The zero-order valence-electron chi connectivity index (χ0n) is 12.1. The van der Waals surface area contributed by atoms with Crippen LogP contribution in [0.5, 0.6) is 0 Å². The summed E-state index contributed by atoms with van der Waals surface area (Å²) in [6.07, 6.45) is 2.12. The van der Waals surface area contributed by atoms with Gasteiger partial charge in [-0.25, -0.2) is 18.1 Å². The number of hydrogen-bond acceptors (Lipinski definition) is 5. The topological polar surface area (TPSA) is 86.9 Å². The molecular weight excluding hydrogens is 308 g/mol. The van der Waals surface area contributed by atoms with Gasteiger partial charge < -0.3 is 10.3 Å². The Morgan fingerprint density at radius 2 is 2.24 bits per heavy atom. The van der Waals surface area contributed by atoms with E-state index in [9.17, 15) is 8.42 Å². The van der Waals surface area contributed by atoms with E-state index in [1.165, 1.54) is 6.20 Å². The lowest BCUT2D eigenvalue weighted by atomic mass is 10.4. The molecule has 2 heterocycles. The Hall–Kier alpha value is -1.22. The van der Waals surface area contributed by atoms with Crippen molar-refractivity contribution in [3.8, 4) is 0 Å². The quantitative estimate of drug-likeness (QED) is 0.684.